The van der Waals surface area contributed by atoms with Crippen LogP contribution in [0.25, 0.3) is 0 Å². The lowest BCUT2D eigenvalue weighted by Crippen LogP contribution is -2.40. The first-order chi connectivity index (χ1) is 14.9. The minimum Gasteiger partial charge on any atom is -0.369 e. The number of benzene rings is 2. The van der Waals surface area contributed by atoms with Gasteiger partial charge >= 0.3 is 0 Å². The van der Waals surface area contributed by atoms with E-state index in [9.17, 15) is 9.59 Å². The van der Waals surface area contributed by atoms with E-state index in [4.69, 9.17) is 5.73 Å². The average Bonchev–Trinajstić information content (AvgIpc) is 2.76. The van der Waals surface area contributed by atoms with Gasteiger partial charge in [-0.1, -0.05) is 18.2 Å². The molecular weight excluding hydrogens is 388 g/mol. The van der Waals surface area contributed by atoms with Crippen LogP contribution in [0.3, 0.4) is 0 Å². The minimum absolute atomic E-state index is 0.0949. The van der Waals surface area contributed by atoms with Crippen molar-refractivity contribution in [1.82, 2.24) is 4.90 Å². The lowest BCUT2D eigenvalue weighted by molar-refractivity contribution is -0.123. The minimum atomic E-state index is -0.228. The third-order valence-electron chi connectivity index (χ3n) is 5.99. The van der Waals surface area contributed by atoms with E-state index in [0.717, 1.165) is 42.9 Å². The van der Waals surface area contributed by atoms with E-state index in [1.54, 1.807) is 0 Å². The second kappa shape index (κ2) is 10.4. The summed E-state index contributed by atoms with van der Waals surface area (Å²) in [7, 11) is 0. The maximum atomic E-state index is 12.9. The SMILES string of the molecule is CCN(c1ccc(C(=O)Nc2ccccc2CN2CCCC(C(N)=O)C2)cc1)C(C)C. The van der Waals surface area contributed by atoms with Crippen LogP contribution < -0.4 is 16.0 Å². The van der Waals surface area contributed by atoms with Gasteiger partial charge in [-0.05, 0) is 76.1 Å². The van der Waals surface area contributed by atoms with Crippen LogP contribution in [0.5, 0.6) is 0 Å². The topological polar surface area (TPSA) is 78.7 Å². The Balaban J connectivity index is 1.69. The number of nitrogens with zero attached hydrogens (tertiary/aromatic N) is 2. The molecule has 1 heterocycles. The van der Waals surface area contributed by atoms with Crippen LogP contribution in [-0.2, 0) is 11.3 Å². The van der Waals surface area contributed by atoms with Crippen molar-refractivity contribution in [3.05, 3.63) is 59.7 Å². The number of hydrogen-bond donors (Lipinski definition) is 2. The number of rotatable bonds is 8. The third kappa shape index (κ3) is 5.85. The number of likely N-dealkylation sites (tertiary alicyclic amines) is 1. The molecule has 3 N–H and O–H groups in total. The van der Waals surface area contributed by atoms with Gasteiger partial charge in [-0.3, -0.25) is 14.5 Å². The first-order valence-electron chi connectivity index (χ1n) is 11.2. The van der Waals surface area contributed by atoms with Crippen molar-refractivity contribution in [1.29, 1.82) is 0 Å². The average molecular weight is 423 g/mol. The zero-order chi connectivity index (χ0) is 22.4. The van der Waals surface area contributed by atoms with Crippen molar-refractivity contribution >= 4 is 23.2 Å². The Morgan fingerprint density at radius 3 is 2.52 bits per heavy atom. The Bertz CT molecular complexity index is 895. The Morgan fingerprint density at radius 2 is 1.87 bits per heavy atom. The van der Waals surface area contributed by atoms with Crippen LogP contribution in [-0.4, -0.2) is 42.4 Å². The van der Waals surface area contributed by atoms with Crippen LogP contribution in [0.1, 0.15) is 49.5 Å². The number of nitrogens with one attached hydrogen (secondary N) is 1. The molecule has 1 saturated heterocycles. The van der Waals surface area contributed by atoms with Gasteiger partial charge < -0.3 is 16.0 Å². The summed E-state index contributed by atoms with van der Waals surface area (Å²) in [4.78, 5) is 29.0. The molecule has 3 rings (SSSR count). The summed E-state index contributed by atoms with van der Waals surface area (Å²) in [5, 5.41) is 3.06. The van der Waals surface area contributed by atoms with Crippen molar-refractivity contribution in [3.8, 4) is 0 Å². The largest absolute Gasteiger partial charge is 0.369 e. The smallest absolute Gasteiger partial charge is 0.255 e. The Labute approximate surface area is 185 Å². The molecule has 0 aromatic heterocycles. The fourth-order valence-electron chi connectivity index (χ4n) is 4.30. The molecule has 0 aliphatic carbocycles. The van der Waals surface area contributed by atoms with Crippen molar-refractivity contribution in [2.24, 2.45) is 11.7 Å². The normalized spacial score (nSPS) is 16.8. The lowest BCUT2D eigenvalue weighted by atomic mass is 9.97. The number of anilines is 2. The van der Waals surface area contributed by atoms with Gasteiger partial charge in [0.2, 0.25) is 5.91 Å². The zero-order valence-corrected chi connectivity index (χ0v) is 18.8. The standard InChI is InChI=1S/C25H34N4O2/c1-4-29(18(2)3)22-13-11-19(12-14-22)25(31)27-23-10-6-5-8-20(23)16-28-15-7-9-21(17-28)24(26)30/h5-6,8,10-14,18,21H,4,7,9,15-17H2,1-3H3,(H2,26,30)(H,27,31). The van der Waals surface area contributed by atoms with Crippen molar-refractivity contribution in [2.45, 2.75) is 46.2 Å². The van der Waals surface area contributed by atoms with Gasteiger partial charge in [-0.25, -0.2) is 0 Å². The summed E-state index contributed by atoms with van der Waals surface area (Å²) in [5.41, 5.74) is 9.09. The van der Waals surface area contributed by atoms with E-state index < -0.39 is 0 Å². The van der Waals surface area contributed by atoms with E-state index in [-0.39, 0.29) is 17.7 Å². The highest BCUT2D eigenvalue weighted by Crippen LogP contribution is 2.23. The molecule has 2 aromatic rings. The van der Waals surface area contributed by atoms with Gasteiger partial charge in [0.25, 0.3) is 5.91 Å². The summed E-state index contributed by atoms with van der Waals surface area (Å²) in [6, 6.07) is 16.0. The first-order valence-corrected chi connectivity index (χ1v) is 11.2. The molecular formula is C25H34N4O2. The van der Waals surface area contributed by atoms with Crippen LogP contribution in [0.2, 0.25) is 0 Å². The molecule has 0 bridgehead atoms. The van der Waals surface area contributed by atoms with Gasteiger partial charge in [-0.2, -0.15) is 0 Å². The molecule has 1 unspecified atom stereocenters. The first kappa shape index (κ1) is 22.8. The van der Waals surface area contributed by atoms with Gasteiger partial charge in [0.1, 0.15) is 0 Å². The number of hydrogen-bond acceptors (Lipinski definition) is 4. The van der Waals surface area contributed by atoms with Gasteiger partial charge in [0, 0.05) is 42.6 Å². The Hall–Kier alpha value is -2.86. The molecule has 6 heteroatoms. The molecule has 2 amide bonds. The van der Waals surface area contributed by atoms with Gasteiger partial charge in [0.15, 0.2) is 0 Å². The highest BCUT2D eigenvalue weighted by atomic mass is 16.2. The van der Waals surface area contributed by atoms with E-state index in [0.29, 0.717) is 24.7 Å². The number of primary amides is 1. The number of carbonyl (C=O) groups is 2. The number of amides is 2. The highest BCUT2D eigenvalue weighted by Gasteiger charge is 2.24. The summed E-state index contributed by atoms with van der Waals surface area (Å²) in [5.74, 6) is -0.448. The second-order valence-corrected chi connectivity index (χ2v) is 8.51. The predicted octanol–water partition coefficient (Wildman–Crippen LogP) is 3.87. The van der Waals surface area contributed by atoms with Crippen molar-refractivity contribution in [2.75, 3.05) is 29.9 Å². The quantitative estimate of drug-likeness (QED) is 0.677. The number of piperidine rings is 1. The fourth-order valence-corrected chi connectivity index (χ4v) is 4.30. The summed E-state index contributed by atoms with van der Waals surface area (Å²) in [6.07, 6.45) is 1.81. The molecule has 166 valence electrons. The summed E-state index contributed by atoms with van der Waals surface area (Å²) >= 11 is 0. The molecule has 0 radical (unpaired) electrons. The number of para-hydroxylation sites is 1. The van der Waals surface area contributed by atoms with Crippen molar-refractivity contribution < 1.29 is 9.59 Å². The molecule has 1 aliphatic rings. The molecule has 1 aliphatic heterocycles. The molecule has 0 spiro atoms. The number of nitrogens with two attached hydrogens (primary N) is 1. The van der Waals surface area contributed by atoms with E-state index in [1.165, 1.54) is 0 Å². The highest BCUT2D eigenvalue weighted by molar-refractivity contribution is 6.04. The maximum Gasteiger partial charge on any atom is 0.255 e. The molecule has 6 nitrogen and oxygen atoms in total. The fraction of sp³-hybridized carbons (Fsp3) is 0.440. The van der Waals surface area contributed by atoms with Crippen LogP contribution in [0.4, 0.5) is 11.4 Å². The van der Waals surface area contributed by atoms with Crippen LogP contribution in [0.15, 0.2) is 48.5 Å². The van der Waals surface area contributed by atoms with Crippen molar-refractivity contribution in [3.63, 3.8) is 0 Å². The lowest BCUT2D eigenvalue weighted by Gasteiger charge is -2.31. The van der Waals surface area contributed by atoms with E-state index in [2.05, 4.69) is 35.9 Å². The van der Waals surface area contributed by atoms with Gasteiger partial charge in [0.05, 0.1) is 5.92 Å². The van der Waals surface area contributed by atoms with E-state index in [1.807, 2.05) is 48.5 Å². The second-order valence-electron chi connectivity index (χ2n) is 8.51. The number of carbonyl (C=O) groups excluding carboxylic acids is 2. The molecule has 2 aromatic carbocycles. The Kier molecular flexibility index (Phi) is 7.69. The molecule has 0 saturated carbocycles. The Morgan fingerprint density at radius 1 is 1.16 bits per heavy atom. The zero-order valence-electron chi connectivity index (χ0n) is 18.8. The molecule has 31 heavy (non-hydrogen) atoms. The van der Waals surface area contributed by atoms with Crippen LogP contribution >= 0.6 is 0 Å². The van der Waals surface area contributed by atoms with E-state index >= 15 is 0 Å². The summed E-state index contributed by atoms with van der Waals surface area (Å²) in [6.45, 7) is 9.65. The summed E-state index contributed by atoms with van der Waals surface area (Å²) < 4.78 is 0. The molecule has 1 atom stereocenters. The molecule has 1 fully saturated rings. The third-order valence-corrected chi connectivity index (χ3v) is 5.99. The monoisotopic (exact) mass is 422 g/mol. The maximum absolute atomic E-state index is 12.9. The van der Waals surface area contributed by atoms with Gasteiger partial charge in [-0.15, -0.1) is 0 Å². The van der Waals surface area contributed by atoms with Crippen LogP contribution in [0, 0.1) is 5.92 Å². The predicted molar refractivity (Wildman–Crippen MR) is 126 cm³/mol.